The van der Waals surface area contributed by atoms with Crippen molar-refractivity contribution in [2.24, 2.45) is 0 Å². The predicted molar refractivity (Wildman–Crippen MR) is 204 cm³/mol. The Morgan fingerprint density at radius 2 is 0.787 bits per heavy atom. The van der Waals surface area contributed by atoms with E-state index in [9.17, 15) is 0 Å². The Morgan fingerprint density at radius 1 is 0.447 bits per heavy atom. The third kappa shape index (κ3) is 10.6. The van der Waals surface area contributed by atoms with Crippen molar-refractivity contribution in [3.8, 4) is 22.3 Å². The zero-order chi connectivity index (χ0) is 30.7. The average molecular weight is 734 g/mol. The molecule has 0 N–H and O–H groups in total. The van der Waals surface area contributed by atoms with Crippen LogP contribution in [0.3, 0.4) is 0 Å². The Bertz CT molecular complexity index is 1580. The fourth-order valence-electron chi connectivity index (χ4n) is 6.36. The van der Waals surface area contributed by atoms with E-state index in [-0.39, 0.29) is 62.4 Å². The molecule has 0 spiro atoms. The molecule has 6 aromatic carbocycles. The van der Waals surface area contributed by atoms with E-state index in [0.29, 0.717) is 0 Å². The summed E-state index contributed by atoms with van der Waals surface area (Å²) in [6.45, 7) is 9.23. The summed E-state index contributed by atoms with van der Waals surface area (Å²) in [5, 5.41) is 8.83. The molecule has 0 amide bonds. The van der Waals surface area contributed by atoms with Gasteiger partial charge in [0.05, 0.1) is 0 Å². The zero-order valence-corrected chi connectivity index (χ0v) is 33.2. The van der Waals surface area contributed by atoms with Crippen LogP contribution in [0.1, 0.15) is 53.4 Å². The number of fused-ring (bicyclic) bond motifs is 2. The summed E-state index contributed by atoms with van der Waals surface area (Å²) in [5.41, 5.74) is 5.38. The first kappa shape index (κ1) is 41.4. The van der Waals surface area contributed by atoms with Gasteiger partial charge in [-0.15, -0.1) is 68.6 Å². The van der Waals surface area contributed by atoms with Crippen molar-refractivity contribution in [3.05, 3.63) is 121 Å². The molecular formula is C42H48Cl2P2Ti. The van der Waals surface area contributed by atoms with Crippen LogP contribution in [0.5, 0.6) is 0 Å². The molecule has 6 rings (SSSR count). The Hall–Kier alpha value is -1.75. The van der Waals surface area contributed by atoms with Crippen molar-refractivity contribution < 1.29 is 46.5 Å². The van der Waals surface area contributed by atoms with E-state index in [4.69, 9.17) is 0 Å². The number of rotatable bonds is 12. The number of halogens is 2. The second-order valence-electron chi connectivity index (χ2n) is 11.8. The fourth-order valence-corrected chi connectivity index (χ4v) is 11.3. The summed E-state index contributed by atoms with van der Waals surface area (Å²) in [6.07, 6.45) is 10.6. The van der Waals surface area contributed by atoms with Gasteiger partial charge in [0, 0.05) is 0 Å². The molecule has 0 aliphatic rings. The molecule has 0 aliphatic carbocycles. The largest absolute Gasteiger partial charge is 4.00 e. The third-order valence-corrected chi connectivity index (χ3v) is 14.3. The molecule has 5 heteroatoms. The Balaban J connectivity index is 0.000000307. The molecule has 0 aromatic heterocycles. The number of hydrogen-bond donors (Lipinski definition) is 0. The van der Waals surface area contributed by atoms with Crippen LogP contribution in [-0.4, -0.2) is 24.6 Å². The van der Waals surface area contributed by atoms with Crippen LogP contribution in [0.4, 0.5) is 0 Å². The van der Waals surface area contributed by atoms with Gasteiger partial charge in [0.1, 0.15) is 0 Å². The van der Waals surface area contributed by atoms with Crippen LogP contribution in [0.15, 0.2) is 121 Å². The van der Waals surface area contributed by atoms with E-state index in [1.54, 1.807) is 10.6 Å². The molecule has 0 aliphatic heterocycles. The molecule has 0 saturated heterocycles. The van der Waals surface area contributed by atoms with Crippen LogP contribution < -0.4 is 35.4 Å². The van der Waals surface area contributed by atoms with Gasteiger partial charge in [-0.25, -0.2) is 0 Å². The second kappa shape index (κ2) is 21.4. The summed E-state index contributed by atoms with van der Waals surface area (Å²) in [4.78, 5) is 0. The Morgan fingerprint density at radius 3 is 1.11 bits per heavy atom. The zero-order valence-electron chi connectivity index (χ0n) is 28.4. The number of hydrogen-bond acceptors (Lipinski definition) is 0. The molecule has 244 valence electrons. The Kier molecular flexibility index (Phi) is 18.8. The molecule has 0 bridgehead atoms. The second-order valence-corrected chi connectivity index (χ2v) is 16.7. The maximum absolute atomic E-state index is 2.47. The van der Waals surface area contributed by atoms with Crippen molar-refractivity contribution in [3.63, 3.8) is 0 Å². The van der Waals surface area contributed by atoms with Crippen molar-refractivity contribution in [1.29, 1.82) is 0 Å². The van der Waals surface area contributed by atoms with Crippen LogP contribution in [0, 0.1) is 0 Å². The molecule has 0 saturated carbocycles. The summed E-state index contributed by atoms with van der Waals surface area (Å²) < 4.78 is 0. The van der Waals surface area contributed by atoms with Gasteiger partial charge in [-0.3, -0.25) is 0 Å². The molecule has 6 aromatic rings. The predicted octanol–water partition coefficient (Wildman–Crippen LogP) is 6.31. The molecular weight excluding hydrogens is 685 g/mol. The van der Waals surface area contributed by atoms with Gasteiger partial charge in [0.15, 0.2) is 0 Å². The van der Waals surface area contributed by atoms with Crippen LogP contribution in [-0.2, 0) is 21.7 Å². The molecule has 0 radical (unpaired) electrons. The first-order valence-electron chi connectivity index (χ1n) is 16.7. The summed E-state index contributed by atoms with van der Waals surface area (Å²) in [6, 6.07) is 44.7. The van der Waals surface area contributed by atoms with E-state index < -0.39 is 0 Å². The molecule has 0 nitrogen and oxygen atoms in total. The van der Waals surface area contributed by atoms with Crippen LogP contribution in [0.2, 0.25) is 0 Å². The normalized spacial score (nSPS) is 10.7. The Labute approximate surface area is 314 Å². The quantitative estimate of drug-likeness (QED) is 0.0787. The minimum Gasteiger partial charge on any atom is -1.00 e. The average Bonchev–Trinajstić information content (AvgIpc) is 3.71. The monoisotopic (exact) mass is 732 g/mol. The van der Waals surface area contributed by atoms with Crippen LogP contribution in [0.25, 0.3) is 43.8 Å². The van der Waals surface area contributed by atoms with Crippen molar-refractivity contribution >= 4 is 48.0 Å². The molecule has 0 unspecified atom stereocenters. The van der Waals surface area contributed by atoms with Crippen molar-refractivity contribution in [1.82, 2.24) is 0 Å². The molecule has 0 atom stereocenters. The maximum atomic E-state index is 2.47. The van der Waals surface area contributed by atoms with Gasteiger partial charge in [0.25, 0.3) is 0 Å². The molecule has 47 heavy (non-hydrogen) atoms. The van der Waals surface area contributed by atoms with E-state index in [2.05, 4.69) is 149 Å². The van der Waals surface area contributed by atoms with Crippen LogP contribution >= 0.6 is 15.8 Å². The molecule has 0 fully saturated rings. The topological polar surface area (TPSA) is 0 Å². The van der Waals surface area contributed by atoms with Gasteiger partial charge in [0.2, 0.25) is 0 Å². The molecule has 0 heterocycles. The third-order valence-electron chi connectivity index (χ3n) is 8.34. The van der Waals surface area contributed by atoms with Gasteiger partial charge in [-0.05, 0) is 35.8 Å². The van der Waals surface area contributed by atoms with E-state index in [1.807, 2.05) is 0 Å². The maximum Gasteiger partial charge on any atom is 4.00 e. The SMILES string of the molecule is CCCP(CCC)c1cc2c(-c3ccccc3)cccc2[cH-]1.CCCP(CCC)c1cc2c(-c3ccccc3)cccc2[cH-]1.[Cl-].[Cl-].[Ti+4]. The summed E-state index contributed by atoms with van der Waals surface area (Å²) in [5.74, 6) is 0. The van der Waals surface area contributed by atoms with E-state index >= 15 is 0 Å². The van der Waals surface area contributed by atoms with Gasteiger partial charge >= 0.3 is 21.7 Å². The standard InChI is InChI=1S/2C21H24P.2ClH.Ti/c2*1-3-13-22(14-4-2)19-15-18-11-8-12-20(21(18)16-19)17-9-6-5-7-10-17;;;/h2*5-12,15-16H,3-4,13-14H2,1-2H3;2*1H;/q2*-1;;;+4/p-2. The first-order chi connectivity index (χ1) is 21.7. The van der Waals surface area contributed by atoms with Gasteiger partial charge in [-0.2, -0.15) is 12.1 Å². The minimum absolute atomic E-state index is 0. The van der Waals surface area contributed by atoms with Gasteiger partial charge in [-0.1, -0.05) is 153 Å². The smallest absolute Gasteiger partial charge is 1.00 e. The van der Waals surface area contributed by atoms with Crippen molar-refractivity contribution in [2.75, 3.05) is 24.6 Å². The minimum atomic E-state index is 0. The summed E-state index contributed by atoms with van der Waals surface area (Å²) >= 11 is 0. The fraction of sp³-hybridized carbons (Fsp3) is 0.286. The number of benzene rings is 4. The summed E-state index contributed by atoms with van der Waals surface area (Å²) in [7, 11) is 0.0319. The van der Waals surface area contributed by atoms with E-state index in [0.717, 1.165) is 0 Å². The van der Waals surface area contributed by atoms with Crippen molar-refractivity contribution in [2.45, 2.75) is 53.4 Å². The van der Waals surface area contributed by atoms with Gasteiger partial charge < -0.3 is 24.8 Å². The van der Waals surface area contributed by atoms with E-state index in [1.165, 1.54) is 94.1 Å². The first-order valence-corrected chi connectivity index (χ1v) is 20.1.